The van der Waals surface area contributed by atoms with E-state index in [1.165, 1.54) is 0 Å². The highest BCUT2D eigenvalue weighted by molar-refractivity contribution is 8.45. The first-order valence-corrected chi connectivity index (χ1v) is 7.54. The summed E-state index contributed by atoms with van der Waals surface area (Å²) in [7, 11) is -10.1. The van der Waals surface area contributed by atoms with E-state index in [0.717, 1.165) is 24.4 Å². The van der Waals surface area contributed by atoms with Crippen molar-refractivity contribution < 1.29 is 33.3 Å². The van der Waals surface area contributed by atoms with Crippen LogP contribution >= 0.6 is 10.2 Å². The van der Waals surface area contributed by atoms with Crippen LogP contribution in [0, 0.1) is 0 Å². The Bertz CT molecular complexity index is 730. The number of pyridine rings is 1. The summed E-state index contributed by atoms with van der Waals surface area (Å²) < 4.78 is 89.1. The molecule has 0 radical (unpaired) electrons. The third-order valence-corrected chi connectivity index (χ3v) is 3.87. The van der Waals surface area contributed by atoms with Crippen molar-refractivity contribution in [3.8, 4) is 16.9 Å². The fourth-order valence-electron chi connectivity index (χ4n) is 1.75. The van der Waals surface area contributed by atoms with Gasteiger partial charge in [-0.1, -0.05) is 25.5 Å². The predicted octanol–water partition coefficient (Wildman–Crippen LogP) is 6.05. The lowest BCUT2D eigenvalue weighted by molar-refractivity contribution is 0.146. The fourth-order valence-corrected chi connectivity index (χ4v) is 2.56. The normalized spacial score (nSPS) is 15.5. The van der Waals surface area contributed by atoms with Gasteiger partial charge in [-0.05, 0) is 35.4 Å². The van der Waals surface area contributed by atoms with Gasteiger partial charge >= 0.3 is 10.2 Å². The molecule has 2 rings (SSSR count). The molecule has 0 fully saturated rings. The molecule has 0 saturated heterocycles. The lowest BCUT2D eigenvalue weighted by atomic mass is 10.1. The van der Waals surface area contributed by atoms with E-state index in [9.17, 15) is 28.2 Å². The smallest absolute Gasteiger partial charge is 0.313 e. The molecule has 0 atom stereocenters. The van der Waals surface area contributed by atoms with Gasteiger partial charge in [0.25, 0.3) is 6.43 Å². The Kier molecular flexibility index (Phi) is 3.19. The Morgan fingerprint density at radius 1 is 0.909 bits per heavy atom. The number of alkyl halides is 2. The van der Waals surface area contributed by atoms with E-state index < -0.39 is 38.6 Å². The number of benzene rings is 1. The van der Waals surface area contributed by atoms with Gasteiger partial charge in [0.1, 0.15) is 16.3 Å². The van der Waals surface area contributed by atoms with Crippen molar-refractivity contribution in [1.82, 2.24) is 4.98 Å². The molecular weight excluding hydrogens is 339 g/mol. The topological polar surface area (TPSA) is 33.1 Å². The Hall–Kier alpha value is -1.97. The minimum Gasteiger partial charge on any atom is -0.506 e. The van der Waals surface area contributed by atoms with Crippen LogP contribution in [0.3, 0.4) is 0 Å². The number of hydrogen-bond acceptors (Lipinski definition) is 2. The molecule has 0 saturated carbocycles. The number of halogens is 7. The largest absolute Gasteiger partial charge is 0.506 e. The molecule has 0 aliphatic heterocycles. The molecule has 10 heteroatoms. The van der Waals surface area contributed by atoms with E-state index in [-0.39, 0.29) is 11.6 Å². The monoisotopic (exact) mass is 347 g/mol. The first kappa shape index (κ1) is 16.4. The highest BCUT2D eigenvalue weighted by atomic mass is 32.5. The number of rotatable bonds is 3. The molecule has 1 aromatic heterocycles. The zero-order valence-electron chi connectivity index (χ0n) is 10.5. The number of aromatic hydroxyl groups is 1. The lowest BCUT2D eigenvalue weighted by Crippen LogP contribution is -2.06. The second-order valence-electron chi connectivity index (χ2n) is 4.42. The van der Waals surface area contributed by atoms with Gasteiger partial charge in [0, 0.05) is 6.20 Å². The molecule has 22 heavy (non-hydrogen) atoms. The van der Waals surface area contributed by atoms with Crippen molar-refractivity contribution in [2.45, 2.75) is 11.3 Å². The van der Waals surface area contributed by atoms with Gasteiger partial charge in [0.15, 0.2) is 0 Å². The highest BCUT2D eigenvalue weighted by Crippen LogP contribution is 3.03. The maximum atomic E-state index is 12.8. The predicted molar refractivity (Wildman–Crippen MR) is 67.7 cm³/mol. The minimum atomic E-state index is -10.1. The molecular formula is C12H8F7NOS. The van der Waals surface area contributed by atoms with Crippen molar-refractivity contribution in [3.05, 3.63) is 42.2 Å². The number of nitrogens with zero attached hydrogens (tertiary/aromatic N) is 1. The van der Waals surface area contributed by atoms with E-state index >= 15 is 0 Å². The summed E-state index contributed by atoms with van der Waals surface area (Å²) in [5.41, 5.74) is -1.27. The van der Waals surface area contributed by atoms with Crippen LogP contribution in [-0.2, 0) is 0 Å². The molecule has 0 bridgehead atoms. The standard InChI is InChI=1S/C12H8F7NOS/c13-12(14)9-5-8(3-4-20-9)7-1-2-10(21)11(6-7)22(15,16,17,18)19/h1-6,12,21H. The Morgan fingerprint density at radius 2 is 1.50 bits per heavy atom. The maximum absolute atomic E-state index is 12.8. The highest BCUT2D eigenvalue weighted by Gasteiger charge is 2.67. The Morgan fingerprint density at radius 3 is 2.05 bits per heavy atom. The first-order chi connectivity index (χ1) is 9.77. The van der Waals surface area contributed by atoms with Gasteiger partial charge < -0.3 is 5.11 Å². The lowest BCUT2D eigenvalue weighted by Gasteiger charge is -2.40. The summed E-state index contributed by atoms with van der Waals surface area (Å²) >= 11 is 0. The fraction of sp³-hybridized carbons (Fsp3) is 0.0833. The van der Waals surface area contributed by atoms with Crippen molar-refractivity contribution in [2.75, 3.05) is 0 Å². The van der Waals surface area contributed by atoms with Gasteiger partial charge in [-0.25, -0.2) is 8.78 Å². The summed E-state index contributed by atoms with van der Waals surface area (Å²) in [6.07, 6.45) is -2.05. The molecule has 122 valence electrons. The summed E-state index contributed by atoms with van der Waals surface area (Å²) in [5, 5.41) is 9.09. The van der Waals surface area contributed by atoms with E-state index in [2.05, 4.69) is 4.98 Å². The molecule has 0 aliphatic rings. The van der Waals surface area contributed by atoms with E-state index in [1.807, 2.05) is 0 Å². The Labute approximate surface area is 119 Å². The Balaban J connectivity index is 2.64. The third-order valence-electron chi connectivity index (χ3n) is 2.71. The second kappa shape index (κ2) is 4.28. The second-order valence-corrected chi connectivity index (χ2v) is 6.80. The van der Waals surface area contributed by atoms with Crippen LogP contribution in [-0.4, -0.2) is 10.1 Å². The van der Waals surface area contributed by atoms with Crippen molar-refractivity contribution in [3.63, 3.8) is 0 Å². The van der Waals surface area contributed by atoms with E-state index in [4.69, 9.17) is 5.11 Å². The SMILES string of the molecule is Oc1ccc(-c2ccnc(C(F)F)c2)cc1S(F)(F)(F)(F)F. The first-order valence-electron chi connectivity index (χ1n) is 5.59. The molecule has 0 spiro atoms. The van der Waals surface area contributed by atoms with Crippen molar-refractivity contribution >= 4 is 10.2 Å². The minimum absolute atomic E-state index is 0.0292. The van der Waals surface area contributed by atoms with Crippen LogP contribution < -0.4 is 0 Å². The van der Waals surface area contributed by atoms with Crippen LogP contribution in [0.1, 0.15) is 12.1 Å². The van der Waals surface area contributed by atoms with E-state index in [0.29, 0.717) is 6.07 Å². The average molecular weight is 347 g/mol. The molecule has 1 N–H and O–H groups in total. The summed E-state index contributed by atoms with van der Waals surface area (Å²) in [4.78, 5) is 0.853. The number of phenolic OH excluding ortho intramolecular Hbond substituents is 1. The summed E-state index contributed by atoms with van der Waals surface area (Å²) in [5.74, 6) is -1.63. The van der Waals surface area contributed by atoms with Crippen LogP contribution in [0.15, 0.2) is 41.4 Å². The van der Waals surface area contributed by atoms with Crippen molar-refractivity contribution in [1.29, 1.82) is 0 Å². The summed E-state index contributed by atoms with van der Waals surface area (Å²) in [6, 6.07) is 3.25. The van der Waals surface area contributed by atoms with Gasteiger partial charge in [0.2, 0.25) is 0 Å². The molecule has 0 amide bonds. The molecule has 0 unspecified atom stereocenters. The van der Waals surface area contributed by atoms with Crippen LogP contribution in [0.5, 0.6) is 5.75 Å². The van der Waals surface area contributed by atoms with Gasteiger partial charge in [0.05, 0.1) is 0 Å². The number of hydrogen-bond donors (Lipinski definition) is 1. The molecule has 1 heterocycles. The van der Waals surface area contributed by atoms with Gasteiger partial charge in [-0.15, -0.1) is 0 Å². The quantitative estimate of drug-likeness (QED) is 0.686. The average Bonchev–Trinajstić information content (AvgIpc) is 2.36. The van der Waals surface area contributed by atoms with Crippen molar-refractivity contribution in [2.24, 2.45) is 0 Å². The van der Waals surface area contributed by atoms with Crippen LogP contribution in [0.4, 0.5) is 28.2 Å². The zero-order chi connectivity index (χ0) is 16.8. The third kappa shape index (κ3) is 3.43. The van der Waals surface area contributed by atoms with Crippen LogP contribution in [0.2, 0.25) is 0 Å². The molecule has 2 nitrogen and oxygen atoms in total. The molecule has 0 aliphatic carbocycles. The zero-order valence-corrected chi connectivity index (χ0v) is 11.3. The van der Waals surface area contributed by atoms with E-state index in [1.54, 1.807) is 0 Å². The van der Waals surface area contributed by atoms with Gasteiger partial charge in [-0.2, -0.15) is 0 Å². The van der Waals surface area contributed by atoms with Gasteiger partial charge in [-0.3, -0.25) is 4.98 Å². The maximum Gasteiger partial charge on any atom is 0.313 e. The number of aromatic nitrogens is 1. The van der Waals surface area contributed by atoms with Crippen LogP contribution in [0.25, 0.3) is 11.1 Å². The molecule has 2 aromatic rings. The molecule has 1 aromatic carbocycles. The number of phenols is 1. The summed E-state index contributed by atoms with van der Waals surface area (Å²) in [6.45, 7) is 0.